The lowest BCUT2D eigenvalue weighted by Crippen LogP contribution is -2.32. The van der Waals surface area contributed by atoms with E-state index >= 15 is 0 Å². The van der Waals surface area contributed by atoms with Crippen molar-refractivity contribution in [3.63, 3.8) is 0 Å². The standard InChI is InChI=1S/C10H19N3O/c1-7(10(14)12-2)13-9(11)8-5-3-4-6-8/h7-8H,3-6H2,1-2H3,(H2,11,13)(H,12,14). The molecule has 3 N–H and O–H groups in total. The van der Waals surface area contributed by atoms with Gasteiger partial charge in [-0.3, -0.25) is 9.79 Å². The predicted octanol–water partition coefficient (Wildman–Crippen LogP) is 0.668. The van der Waals surface area contributed by atoms with Crippen molar-refractivity contribution in [1.29, 1.82) is 0 Å². The molecule has 0 bridgehead atoms. The number of hydrogen-bond donors (Lipinski definition) is 2. The zero-order valence-electron chi connectivity index (χ0n) is 8.92. The van der Waals surface area contributed by atoms with Gasteiger partial charge in [-0.1, -0.05) is 12.8 Å². The molecule has 0 radical (unpaired) electrons. The van der Waals surface area contributed by atoms with Gasteiger partial charge < -0.3 is 11.1 Å². The molecule has 1 fully saturated rings. The van der Waals surface area contributed by atoms with E-state index in [0.29, 0.717) is 11.8 Å². The van der Waals surface area contributed by atoms with Crippen LogP contribution in [0.3, 0.4) is 0 Å². The normalized spacial score (nSPS) is 20.9. The number of amides is 1. The molecule has 80 valence electrons. The van der Waals surface area contributed by atoms with E-state index in [1.54, 1.807) is 14.0 Å². The van der Waals surface area contributed by atoms with Gasteiger partial charge in [0.1, 0.15) is 6.04 Å². The van der Waals surface area contributed by atoms with Gasteiger partial charge in [0, 0.05) is 13.0 Å². The van der Waals surface area contributed by atoms with Gasteiger partial charge in [-0.2, -0.15) is 0 Å². The average Bonchev–Trinajstić information content (AvgIpc) is 2.69. The van der Waals surface area contributed by atoms with Gasteiger partial charge in [0.2, 0.25) is 5.91 Å². The van der Waals surface area contributed by atoms with Crippen molar-refractivity contribution in [3.8, 4) is 0 Å². The van der Waals surface area contributed by atoms with Crippen LogP contribution in [0, 0.1) is 5.92 Å². The minimum absolute atomic E-state index is 0.0778. The molecule has 4 heteroatoms. The monoisotopic (exact) mass is 197 g/mol. The van der Waals surface area contributed by atoms with Crippen LogP contribution in [0.2, 0.25) is 0 Å². The summed E-state index contributed by atoms with van der Waals surface area (Å²) < 4.78 is 0. The molecule has 1 rings (SSSR count). The lowest BCUT2D eigenvalue weighted by Gasteiger charge is -2.11. The molecule has 1 saturated carbocycles. The second-order valence-electron chi connectivity index (χ2n) is 3.83. The van der Waals surface area contributed by atoms with E-state index in [2.05, 4.69) is 10.3 Å². The van der Waals surface area contributed by atoms with E-state index in [1.807, 2.05) is 0 Å². The van der Waals surface area contributed by atoms with Crippen LogP contribution in [0.5, 0.6) is 0 Å². The Bertz CT molecular complexity index is 232. The van der Waals surface area contributed by atoms with Crippen molar-refractivity contribution >= 4 is 11.7 Å². The second-order valence-corrected chi connectivity index (χ2v) is 3.83. The van der Waals surface area contributed by atoms with Gasteiger partial charge in [-0.15, -0.1) is 0 Å². The van der Waals surface area contributed by atoms with Crippen LogP contribution < -0.4 is 11.1 Å². The average molecular weight is 197 g/mol. The van der Waals surface area contributed by atoms with E-state index in [1.165, 1.54) is 12.8 Å². The van der Waals surface area contributed by atoms with Gasteiger partial charge in [0.05, 0.1) is 5.84 Å². The molecule has 1 atom stereocenters. The summed E-state index contributed by atoms with van der Waals surface area (Å²) in [6.45, 7) is 1.76. The molecule has 0 heterocycles. The summed E-state index contributed by atoms with van der Waals surface area (Å²) in [6.07, 6.45) is 4.70. The second kappa shape index (κ2) is 4.98. The van der Waals surface area contributed by atoms with E-state index in [-0.39, 0.29) is 11.9 Å². The summed E-state index contributed by atoms with van der Waals surface area (Å²) in [6, 6.07) is -0.361. The third-order valence-electron chi connectivity index (χ3n) is 2.74. The molecule has 0 spiro atoms. The number of rotatable bonds is 3. The van der Waals surface area contributed by atoms with Crippen molar-refractivity contribution in [1.82, 2.24) is 5.32 Å². The van der Waals surface area contributed by atoms with Crippen molar-refractivity contribution in [2.75, 3.05) is 7.05 Å². The van der Waals surface area contributed by atoms with Crippen LogP contribution in [0.15, 0.2) is 4.99 Å². The Morgan fingerprint density at radius 3 is 2.57 bits per heavy atom. The number of nitrogens with two attached hydrogens (primary N) is 1. The Labute approximate surface area is 85.0 Å². The molecule has 1 aliphatic rings. The van der Waals surface area contributed by atoms with E-state index in [4.69, 9.17) is 5.73 Å². The van der Waals surface area contributed by atoms with Crippen LogP contribution >= 0.6 is 0 Å². The van der Waals surface area contributed by atoms with Crippen molar-refractivity contribution in [2.24, 2.45) is 16.6 Å². The zero-order valence-corrected chi connectivity index (χ0v) is 8.92. The molecule has 1 amide bonds. The van der Waals surface area contributed by atoms with Crippen LogP contribution in [0.25, 0.3) is 0 Å². The number of amidine groups is 1. The Morgan fingerprint density at radius 2 is 2.07 bits per heavy atom. The molecule has 0 aromatic heterocycles. The van der Waals surface area contributed by atoms with Crippen LogP contribution in [0.1, 0.15) is 32.6 Å². The molecular formula is C10H19N3O. The number of likely N-dealkylation sites (N-methyl/N-ethyl adjacent to an activating group) is 1. The molecule has 0 aromatic rings. The highest BCUT2D eigenvalue weighted by atomic mass is 16.2. The predicted molar refractivity (Wildman–Crippen MR) is 57.1 cm³/mol. The van der Waals surface area contributed by atoms with Gasteiger partial charge in [0.25, 0.3) is 0 Å². The highest BCUT2D eigenvalue weighted by Gasteiger charge is 2.20. The quantitative estimate of drug-likeness (QED) is 0.516. The first-order valence-corrected chi connectivity index (χ1v) is 5.20. The lowest BCUT2D eigenvalue weighted by atomic mass is 10.1. The minimum atomic E-state index is -0.361. The smallest absolute Gasteiger partial charge is 0.244 e. The molecule has 0 saturated heterocycles. The van der Waals surface area contributed by atoms with Gasteiger partial charge in [-0.25, -0.2) is 0 Å². The summed E-state index contributed by atoms with van der Waals surface area (Å²) in [5.74, 6) is 0.978. The van der Waals surface area contributed by atoms with E-state index < -0.39 is 0 Å². The summed E-state index contributed by atoms with van der Waals surface area (Å²) in [5, 5.41) is 2.56. The van der Waals surface area contributed by atoms with Crippen molar-refractivity contribution in [3.05, 3.63) is 0 Å². The molecule has 1 aliphatic carbocycles. The Hall–Kier alpha value is -1.06. The van der Waals surface area contributed by atoms with Crippen LogP contribution in [-0.2, 0) is 4.79 Å². The lowest BCUT2D eigenvalue weighted by molar-refractivity contribution is -0.121. The summed E-state index contributed by atoms with van der Waals surface area (Å²) >= 11 is 0. The molecular weight excluding hydrogens is 178 g/mol. The first-order chi connectivity index (χ1) is 6.65. The Kier molecular flexibility index (Phi) is 3.92. The largest absolute Gasteiger partial charge is 0.387 e. The van der Waals surface area contributed by atoms with Crippen LogP contribution in [-0.4, -0.2) is 24.8 Å². The van der Waals surface area contributed by atoms with Crippen molar-refractivity contribution < 1.29 is 4.79 Å². The maximum Gasteiger partial charge on any atom is 0.244 e. The van der Waals surface area contributed by atoms with E-state index in [9.17, 15) is 4.79 Å². The van der Waals surface area contributed by atoms with Gasteiger partial charge in [-0.05, 0) is 19.8 Å². The topological polar surface area (TPSA) is 67.5 Å². The third kappa shape index (κ3) is 2.72. The molecule has 4 nitrogen and oxygen atoms in total. The van der Waals surface area contributed by atoms with Gasteiger partial charge in [0.15, 0.2) is 0 Å². The fourth-order valence-corrected chi connectivity index (χ4v) is 1.82. The number of aliphatic imine (C=N–C) groups is 1. The Morgan fingerprint density at radius 1 is 1.50 bits per heavy atom. The number of nitrogens with zero attached hydrogens (tertiary/aromatic N) is 1. The first kappa shape index (κ1) is 11.0. The minimum Gasteiger partial charge on any atom is -0.387 e. The SMILES string of the molecule is CNC(=O)C(C)N=C(N)C1CCCC1. The van der Waals surface area contributed by atoms with Gasteiger partial charge >= 0.3 is 0 Å². The molecule has 0 aliphatic heterocycles. The summed E-state index contributed by atoms with van der Waals surface area (Å²) in [7, 11) is 1.61. The molecule has 1 unspecified atom stereocenters. The highest BCUT2D eigenvalue weighted by molar-refractivity contribution is 5.88. The fourth-order valence-electron chi connectivity index (χ4n) is 1.82. The fraction of sp³-hybridized carbons (Fsp3) is 0.800. The zero-order chi connectivity index (χ0) is 10.6. The first-order valence-electron chi connectivity index (χ1n) is 5.20. The molecule has 14 heavy (non-hydrogen) atoms. The van der Waals surface area contributed by atoms with Crippen molar-refractivity contribution in [2.45, 2.75) is 38.6 Å². The maximum atomic E-state index is 11.2. The van der Waals surface area contributed by atoms with E-state index in [0.717, 1.165) is 12.8 Å². The molecule has 0 aromatic carbocycles. The third-order valence-corrected chi connectivity index (χ3v) is 2.74. The Balaban J connectivity index is 2.53. The number of nitrogens with one attached hydrogen (secondary N) is 1. The van der Waals surface area contributed by atoms with Crippen LogP contribution in [0.4, 0.5) is 0 Å². The summed E-state index contributed by atoms with van der Waals surface area (Å²) in [5.41, 5.74) is 5.84. The maximum absolute atomic E-state index is 11.2. The number of carbonyl (C=O) groups excluding carboxylic acids is 1. The summed E-state index contributed by atoms with van der Waals surface area (Å²) in [4.78, 5) is 15.4. The number of hydrogen-bond acceptors (Lipinski definition) is 2. The highest BCUT2D eigenvalue weighted by Crippen LogP contribution is 2.24. The number of carbonyl (C=O) groups is 1.